The van der Waals surface area contributed by atoms with Crippen LogP contribution in [0.15, 0.2) is 48.0 Å². The summed E-state index contributed by atoms with van der Waals surface area (Å²) in [6, 6.07) is 10.1. The van der Waals surface area contributed by atoms with Crippen LogP contribution in [0.4, 0.5) is 0 Å². The SMILES string of the molecule is O=NOC=CCCc1ccccc1. The summed E-state index contributed by atoms with van der Waals surface area (Å²) >= 11 is 0. The molecular weight excluding hydrogens is 166 g/mol. The van der Waals surface area contributed by atoms with Crippen molar-refractivity contribution < 1.29 is 4.84 Å². The predicted molar refractivity (Wildman–Crippen MR) is 50.8 cm³/mol. The van der Waals surface area contributed by atoms with Crippen LogP contribution in [0.3, 0.4) is 0 Å². The van der Waals surface area contributed by atoms with Crippen LogP contribution in [0, 0.1) is 4.91 Å². The Bertz CT molecular complexity index is 270. The van der Waals surface area contributed by atoms with Gasteiger partial charge >= 0.3 is 0 Å². The molecule has 0 atom stereocenters. The largest absolute Gasteiger partial charge is 0.332 e. The van der Waals surface area contributed by atoms with Gasteiger partial charge in [-0.2, -0.15) is 0 Å². The second-order valence-corrected chi connectivity index (χ2v) is 2.58. The van der Waals surface area contributed by atoms with Crippen molar-refractivity contribution in [2.45, 2.75) is 12.8 Å². The third-order valence-electron chi connectivity index (χ3n) is 1.64. The fourth-order valence-electron chi connectivity index (χ4n) is 1.03. The van der Waals surface area contributed by atoms with Crippen molar-refractivity contribution in [3.05, 3.63) is 53.1 Å². The molecule has 3 nitrogen and oxygen atoms in total. The summed E-state index contributed by atoms with van der Waals surface area (Å²) in [4.78, 5) is 13.7. The number of hydrogen-bond acceptors (Lipinski definition) is 3. The highest BCUT2D eigenvalue weighted by Crippen LogP contribution is 2.02. The van der Waals surface area contributed by atoms with Gasteiger partial charge in [-0.05, 0) is 24.5 Å². The van der Waals surface area contributed by atoms with Crippen molar-refractivity contribution in [3.63, 3.8) is 0 Å². The van der Waals surface area contributed by atoms with Crippen molar-refractivity contribution in [1.82, 2.24) is 0 Å². The number of aryl methyl sites for hydroxylation is 1. The smallest absolute Gasteiger partial charge is 0.160 e. The van der Waals surface area contributed by atoms with Crippen LogP contribution < -0.4 is 0 Å². The molecule has 0 fully saturated rings. The Morgan fingerprint density at radius 2 is 2.08 bits per heavy atom. The van der Waals surface area contributed by atoms with Crippen LogP contribution in [0.25, 0.3) is 0 Å². The van der Waals surface area contributed by atoms with E-state index in [2.05, 4.69) is 22.3 Å². The van der Waals surface area contributed by atoms with Crippen LogP contribution in [0.5, 0.6) is 0 Å². The zero-order valence-corrected chi connectivity index (χ0v) is 7.22. The molecule has 68 valence electrons. The summed E-state index contributed by atoms with van der Waals surface area (Å²) in [5, 5.41) is 2.24. The first-order valence-corrected chi connectivity index (χ1v) is 4.11. The molecule has 0 amide bonds. The number of rotatable bonds is 5. The molecule has 0 saturated heterocycles. The predicted octanol–water partition coefficient (Wildman–Crippen LogP) is 2.83. The summed E-state index contributed by atoms with van der Waals surface area (Å²) in [7, 11) is 0. The Hall–Kier alpha value is -1.64. The van der Waals surface area contributed by atoms with Crippen molar-refractivity contribution in [2.24, 2.45) is 5.34 Å². The third kappa shape index (κ3) is 4.06. The minimum absolute atomic E-state index is 0.847. The van der Waals surface area contributed by atoms with Crippen LogP contribution >= 0.6 is 0 Å². The maximum atomic E-state index is 9.51. The van der Waals surface area contributed by atoms with E-state index >= 15 is 0 Å². The van der Waals surface area contributed by atoms with Gasteiger partial charge in [0.25, 0.3) is 0 Å². The molecule has 1 aromatic rings. The Balaban J connectivity index is 2.24. The van der Waals surface area contributed by atoms with Crippen molar-refractivity contribution in [1.29, 1.82) is 0 Å². The van der Waals surface area contributed by atoms with Gasteiger partial charge in [0.15, 0.2) is 5.34 Å². The van der Waals surface area contributed by atoms with Crippen LogP contribution in [-0.2, 0) is 11.3 Å². The quantitative estimate of drug-likeness (QED) is 0.394. The van der Waals surface area contributed by atoms with E-state index in [9.17, 15) is 4.91 Å². The monoisotopic (exact) mass is 177 g/mol. The molecule has 3 heteroatoms. The van der Waals surface area contributed by atoms with E-state index in [0.29, 0.717) is 0 Å². The molecule has 1 aromatic carbocycles. The van der Waals surface area contributed by atoms with Gasteiger partial charge in [0, 0.05) is 0 Å². The standard InChI is InChI=1S/C10H11NO2/c12-11-13-9-5-4-8-10-6-2-1-3-7-10/h1-3,5-7,9H,4,8H2. The molecule has 0 aliphatic rings. The molecule has 0 heterocycles. The summed E-state index contributed by atoms with van der Waals surface area (Å²) in [5.41, 5.74) is 1.27. The highest BCUT2D eigenvalue weighted by Gasteiger charge is 1.87. The van der Waals surface area contributed by atoms with E-state index in [4.69, 9.17) is 0 Å². The molecule has 0 aliphatic carbocycles. The first kappa shape index (κ1) is 9.45. The molecule has 0 saturated carbocycles. The molecule has 0 aromatic heterocycles. The second kappa shape index (κ2) is 5.94. The summed E-state index contributed by atoms with van der Waals surface area (Å²) in [6.07, 6.45) is 4.86. The Kier molecular flexibility index (Phi) is 4.32. The normalized spacial score (nSPS) is 10.2. The van der Waals surface area contributed by atoms with Crippen molar-refractivity contribution in [2.75, 3.05) is 0 Å². The zero-order chi connectivity index (χ0) is 9.36. The third-order valence-corrected chi connectivity index (χ3v) is 1.64. The van der Waals surface area contributed by atoms with E-state index in [1.165, 1.54) is 11.8 Å². The molecule has 0 radical (unpaired) electrons. The Morgan fingerprint density at radius 1 is 1.31 bits per heavy atom. The number of nitrogens with zero attached hydrogens (tertiary/aromatic N) is 1. The molecule has 0 aliphatic heterocycles. The second-order valence-electron chi connectivity index (χ2n) is 2.58. The molecule has 0 N–H and O–H groups in total. The van der Waals surface area contributed by atoms with Gasteiger partial charge < -0.3 is 4.84 Å². The van der Waals surface area contributed by atoms with Crippen molar-refractivity contribution in [3.8, 4) is 0 Å². The van der Waals surface area contributed by atoms with E-state index in [1.807, 2.05) is 18.2 Å². The average molecular weight is 177 g/mol. The Morgan fingerprint density at radius 3 is 2.77 bits per heavy atom. The highest BCUT2D eigenvalue weighted by atomic mass is 16.7. The molecule has 1 rings (SSSR count). The van der Waals surface area contributed by atoms with Gasteiger partial charge in [0.05, 0.1) is 0 Å². The number of hydrogen-bond donors (Lipinski definition) is 0. The molecule has 0 bridgehead atoms. The fourth-order valence-corrected chi connectivity index (χ4v) is 1.03. The topological polar surface area (TPSA) is 38.7 Å². The summed E-state index contributed by atoms with van der Waals surface area (Å²) < 4.78 is 0. The van der Waals surface area contributed by atoms with Crippen LogP contribution in [-0.4, -0.2) is 0 Å². The maximum Gasteiger partial charge on any atom is 0.160 e. The van der Waals surface area contributed by atoms with E-state index in [-0.39, 0.29) is 0 Å². The zero-order valence-electron chi connectivity index (χ0n) is 7.22. The minimum Gasteiger partial charge on any atom is -0.332 e. The lowest BCUT2D eigenvalue weighted by Crippen LogP contribution is -1.81. The van der Waals surface area contributed by atoms with E-state index in [1.54, 1.807) is 6.08 Å². The lowest BCUT2D eigenvalue weighted by atomic mass is 10.1. The fraction of sp³-hybridized carbons (Fsp3) is 0.200. The average Bonchev–Trinajstić information content (AvgIpc) is 2.19. The van der Waals surface area contributed by atoms with Crippen LogP contribution in [0.2, 0.25) is 0 Å². The lowest BCUT2D eigenvalue weighted by molar-refractivity contribution is 0.261. The first-order chi connectivity index (χ1) is 6.43. The van der Waals surface area contributed by atoms with E-state index in [0.717, 1.165) is 12.8 Å². The van der Waals surface area contributed by atoms with Gasteiger partial charge in [-0.15, -0.1) is 4.91 Å². The van der Waals surface area contributed by atoms with E-state index < -0.39 is 0 Å². The Labute approximate surface area is 77.0 Å². The van der Waals surface area contributed by atoms with Gasteiger partial charge in [0.2, 0.25) is 0 Å². The van der Waals surface area contributed by atoms with Crippen molar-refractivity contribution >= 4 is 0 Å². The molecule has 13 heavy (non-hydrogen) atoms. The van der Waals surface area contributed by atoms with Gasteiger partial charge in [-0.25, -0.2) is 0 Å². The summed E-state index contributed by atoms with van der Waals surface area (Å²) in [6.45, 7) is 0. The number of allylic oxidation sites excluding steroid dienone is 1. The minimum atomic E-state index is 0.847. The molecule has 0 spiro atoms. The molecule has 0 unspecified atom stereocenters. The number of benzene rings is 1. The first-order valence-electron chi connectivity index (χ1n) is 4.11. The highest BCUT2D eigenvalue weighted by molar-refractivity contribution is 5.15. The molecular formula is C10H11NO2. The van der Waals surface area contributed by atoms with Gasteiger partial charge in [0.1, 0.15) is 6.26 Å². The van der Waals surface area contributed by atoms with Crippen LogP contribution in [0.1, 0.15) is 12.0 Å². The summed E-state index contributed by atoms with van der Waals surface area (Å²) in [5.74, 6) is 0. The van der Waals surface area contributed by atoms with Gasteiger partial charge in [-0.1, -0.05) is 30.3 Å². The lowest BCUT2D eigenvalue weighted by Gasteiger charge is -1.95. The maximum absolute atomic E-state index is 9.51. The van der Waals surface area contributed by atoms with Gasteiger partial charge in [-0.3, -0.25) is 0 Å².